The van der Waals surface area contributed by atoms with E-state index in [0.717, 1.165) is 61.4 Å². The molecule has 5 nitrogen and oxygen atoms in total. The van der Waals surface area contributed by atoms with E-state index in [-0.39, 0.29) is 5.60 Å². The van der Waals surface area contributed by atoms with Gasteiger partial charge in [-0.25, -0.2) is 9.97 Å². The monoisotopic (exact) mass is 334 g/mol. The summed E-state index contributed by atoms with van der Waals surface area (Å²) >= 11 is 0. The number of fused-ring (bicyclic) bond motifs is 1. The van der Waals surface area contributed by atoms with Crippen LogP contribution in [0.1, 0.15) is 25.3 Å². The van der Waals surface area contributed by atoms with Crippen LogP contribution in [0.4, 0.5) is 0 Å². The van der Waals surface area contributed by atoms with Crippen LogP contribution in [-0.2, 0) is 4.74 Å². The molecule has 25 heavy (non-hydrogen) atoms. The molecule has 0 saturated carbocycles. The molecule has 2 aromatic heterocycles. The fraction of sp³-hybridized carbons (Fsp3) is 0.400. The Morgan fingerprint density at radius 1 is 1.12 bits per heavy atom. The van der Waals surface area contributed by atoms with Crippen LogP contribution >= 0.6 is 0 Å². The van der Waals surface area contributed by atoms with E-state index in [1.165, 1.54) is 0 Å². The fourth-order valence-electron chi connectivity index (χ4n) is 4.23. The Balaban J connectivity index is 1.47. The van der Waals surface area contributed by atoms with Gasteiger partial charge in [-0.2, -0.15) is 0 Å². The van der Waals surface area contributed by atoms with Crippen molar-refractivity contribution in [3.8, 4) is 11.5 Å². The van der Waals surface area contributed by atoms with Gasteiger partial charge in [-0.3, -0.25) is 0 Å². The lowest BCUT2D eigenvalue weighted by Gasteiger charge is -2.32. The van der Waals surface area contributed by atoms with Crippen LogP contribution in [0.2, 0.25) is 0 Å². The number of nitrogens with zero attached hydrogens (tertiary/aromatic N) is 3. The van der Waals surface area contributed by atoms with Crippen LogP contribution in [0.5, 0.6) is 0 Å². The molecule has 3 aromatic rings. The lowest BCUT2D eigenvalue weighted by Crippen LogP contribution is -2.41. The molecule has 0 amide bonds. The number of aromatic nitrogens is 3. The summed E-state index contributed by atoms with van der Waals surface area (Å²) in [7, 11) is 0. The molecule has 2 saturated heterocycles. The molecule has 2 fully saturated rings. The smallest absolute Gasteiger partial charge is 0.158 e. The molecule has 1 spiro atoms. The second-order valence-electron chi connectivity index (χ2n) is 7.15. The van der Waals surface area contributed by atoms with Gasteiger partial charge >= 0.3 is 0 Å². The van der Waals surface area contributed by atoms with Gasteiger partial charge in [0.1, 0.15) is 5.69 Å². The number of para-hydroxylation sites is 1. The summed E-state index contributed by atoms with van der Waals surface area (Å²) in [6, 6.07) is 12.7. The summed E-state index contributed by atoms with van der Waals surface area (Å²) in [6.07, 6.45) is 7.20. The normalized spacial score (nSPS) is 22.6. The first-order chi connectivity index (χ1) is 12.3. The van der Waals surface area contributed by atoms with E-state index in [0.29, 0.717) is 6.04 Å². The highest BCUT2D eigenvalue weighted by molar-refractivity contribution is 5.80. The van der Waals surface area contributed by atoms with E-state index < -0.39 is 0 Å². The number of nitrogens with one attached hydrogen (secondary N) is 1. The van der Waals surface area contributed by atoms with Crippen LogP contribution in [0.3, 0.4) is 0 Å². The van der Waals surface area contributed by atoms with Crippen LogP contribution in [-0.4, -0.2) is 39.8 Å². The van der Waals surface area contributed by atoms with Crippen molar-refractivity contribution in [3.63, 3.8) is 0 Å². The van der Waals surface area contributed by atoms with Gasteiger partial charge in [-0.1, -0.05) is 24.3 Å². The molecule has 0 aliphatic carbocycles. The summed E-state index contributed by atoms with van der Waals surface area (Å²) in [6.45, 7) is 2.86. The zero-order chi connectivity index (χ0) is 16.7. The third-order valence-corrected chi connectivity index (χ3v) is 5.59. The van der Waals surface area contributed by atoms with E-state index in [1.54, 1.807) is 0 Å². The van der Waals surface area contributed by atoms with Crippen molar-refractivity contribution >= 4 is 10.9 Å². The minimum atomic E-state index is 0.0499. The predicted molar refractivity (Wildman–Crippen MR) is 97.4 cm³/mol. The Kier molecular flexibility index (Phi) is 3.57. The van der Waals surface area contributed by atoms with E-state index in [9.17, 15) is 0 Å². The first-order valence-corrected chi connectivity index (χ1v) is 9.07. The summed E-state index contributed by atoms with van der Waals surface area (Å²) in [5, 5.41) is 4.59. The average Bonchev–Trinajstić information content (AvgIpc) is 3.29. The van der Waals surface area contributed by atoms with Gasteiger partial charge in [0.15, 0.2) is 5.82 Å². The van der Waals surface area contributed by atoms with Gasteiger partial charge in [0, 0.05) is 17.8 Å². The zero-order valence-corrected chi connectivity index (χ0v) is 14.2. The molecule has 4 heterocycles. The Hall–Kier alpha value is -2.24. The number of hydrogen-bond donors (Lipinski definition) is 1. The SMILES string of the molecule is c1ccc2nc(-c3nccn3C3COC4(CCNCC4)C3)ccc2c1. The predicted octanol–water partition coefficient (Wildman–Crippen LogP) is 3.18. The lowest BCUT2D eigenvalue weighted by atomic mass is 9.88. The molecular formula is C20H22N4O. The van der Waals surface area contributed by atoms with Crippen molar-refractivity contribution in [1.82, 2.24) is 19.9 Å². The zero-order valence-electron chi connectivity index (χ0n) is 14.2. The molecule has 2 aliphatic heterocycles. The molecule has 2 aliphatic rings. The highest BCUT2D eigenvalue weighted by atomic mass is 16.5. The lowest BCUT2D eigenvalue weighted by molar-refractivity contribution is -0.0195. The largest absolute Gasteiger partial charge is 0.373 e. The van der Waals surface area contributed by atoms with Gasteiger partial charge < -0.3 is 14.6 Å². The highest BCUT2D eigenvalue weighted by Crippen LogP contribution is 2.40. The standard InChI is InChI=1S/C20H22N4O/c1-2-4-17-15(3-1)5-6-18(23-17)19-22-11-12-24(19)16-13-20(25-14-16)7-9-21-10-8-20/h1-6,11-12,16,21H,7-10,13-14H2. The first kappa shape index (κ1) is 15.0. The van der Waals surface area contributed by atoms with Crippen molar-refractivity contribution < 1.29 is 4.74 Å². The number of rotatable bonds is 2. The summed E-state index contributed by atoms with van der Waals surface area (Å²) in [5.74, 6) is 0.935. The van der Waals surface area contributed by atoms with Gasteiger partial charge in [0.05, 0.1) is 23.8 Å². The molecule has 1 N–H and O–H groups in total. The second-order valence-corrected chi connectivity index (χ2v) is 7.15. The fourth-order valence-corrected chi connectivity index (χ4v) is 4.23. The molecular weight excluding hydrogens is 312 g/mol. The maximum Gasteiger partial charge on any atom is 0.158 e. The molecule has 1 atom stereocenters. The van der Waals surface area contributed by atoms with Crippen molar-refractivity contribution in [2.75, 3.05) is 19.7 Å². The van der Waals surface area contributed by atoms with Gasteiger partial charge in [0.2, 0.25) is 0 Å². The summed E-state index contributed by atoms with van der Waals surface area (Å²) in [5.41, 5.74) is 1.98. The van der Waals surface area contributed by atoms with Gasteiger partial charge in [-0.15, -0.1) is 0 Å². The maximum atomic E-state index is 6.27. The first-order valence-electron chi connectivity index (χ1n) is 9.07. The maximum absolute atomic E-state index is 6.27. The minimum Gasteiger partial charge on any atom is -0.373 e. The third kappa shape index (κ3) is 2.64. The van der Waals surface area contributed by atoms with Crippen molar-refractivity contribution in [2.45, 2.75) is 30.9 Å². The third-order valence-electron chi connectivity index (χ3n) is 5.59. The molecule has 128 valence electrons. The quantitative estimate of drug-likeness (QED) is 0.782. The van der Waals surface area contributed by atoms with Crippen LogP contribution in [0, 0.1) is 0 Å². The molecule has 0 radical (unpaired) electrons. The van der Waals surface area contributed by atoms with Gasteiger partial charge in [-0.05, 0) is 44.5 Å². The number of hydrogen-bond acceptors (Lipinski definition) is 4. The van der Waals surface area contributed by atoms with Crippen molar-refractivity contribution in [1.29, 1.82) is 0 Å². The average molecular weight is 334 g/mol. The summed E-state index contributed by atoms with van der Waals surface area (Å²) < 4.78 is 8.53. The van der Waals surface area contributed by atoms with Crippen molar-refractivity contribution in [2.24, 2.45) is 0 Å². The molecule has 1 unspecified atom stereocenters. The van der Waals surface area contributed by atoms with E-state index in [4.69, 9.17) is 9.72 Å². The van der Waals surface area contributed by atoms with E-state index >= 15 is 0 Å². The molecule has 1 aromatic carbocycles. The molecule has 5 heteroatoms. The Labute approximate surface area is 147 Å². The molecule has 0 bridgehead atoms. The van der Waals surface area contributed by atoms with Gasteiger partial charge in [0.25, 0.3) is 0 Å². The number of imidazole rings is 1. The second kappa shape index (κ2) is 5.93. The Morgan fingerprint density at radius 3 is 2.92 bits per heavy atom. The number of piperidine rings is 1. The van der Waals surface area contributed by atoms with Crippen LogP contribution < -0.4 is 5.32 Å². The Bertz CT molecular complexity index is 897. The molecule has 5 rings (SSSR count). The van der Waals surface area contributed by atoms with Crippen molar-refractivity contribution in [3.05, 3.63) is 48.8 Å². The Morgan fingerprint density at radius 2 is 2.00 bits per heavy atom. The van der Waals surface area contributed by atoms with Crippen LogP contribution in [0.15, 0.2) is 48.8 Å². The highest BCUT2D eigenvalue weighted by Gasteiger charge is 2.42. The minimum absolute atomic E-state index is 0.0499. The number of benzene rings is 1. The topological polar surface area (TPSA) is 52.0 Å². The van der Waals surface area contributed by atoms with E-state index in [2.05, 4.69) is 45.3 Å². The van der Waals surface area contributed by atoms with E-state index in [1.807, 2.05) is 18.3 Å². The van der Waals surface area contributed by atoms with Crippen LogP contribution in [0.25, 0.3) is 22.4 Å². The number of pyridine rings is 1. The number of ether oxygens (including phenoxy) is 1. The summed E-state index contributed by atoms with van der Waals surface area (Å²) in [4.78, 5) is 9.42.